The van der Waals surface area contributed by atoms with Crippen molar-refractivity contribution in [3.8, 4) is 5.75 Å². The molecule has 2 N–H and O–H groups in total. The molecule has 7 nitrogen and oxygen atoms in total. The van der Waals surface area contributed by atoms with Crippen LogP contribution in [0.2, 0.25) is 0 Å². The summed E-state index contributed by atoms with van der Waals surface area (Å²) < 4.78 is 29.7. The van der Waals surface area contributed by atoms with Gasteiger partial charge in [-0.15, -0.1) is 0 Å². The molecule has 2 aliphatic heterocycles. The topological polar surface area (TPSA) is 91.6 Å². The van der Waals surface area contributed by atoms with Gasteiger partial charge in [-0.1, -0.05) is 6.92 Å². The Morgan fingerprint density at radius 3 is 2.50 bits per heavy atom. The minimum Gasteiger partial charge on any atom is -0.503 e. The predicted molar refractivity (Wildman–Crippen MR) is 113 cm³/mol. The third-order valence-corrected chi connectivity index (χ3v) is 6.60. The number of rotatable bonds is 3. The van der Waals surface area contributed by atoms with Crippen LogP contribution in [-0.2, 0) is 6.54 Å². The van der Waals surface area contributed by atoms with Gasteiger partial charge in [0.2, 0.25) is 5.43 Å². The van der Waals surface area contributed by atoms with Crippen molar-refractivity contribution in [3.05, 3.63) is 62.6 Å². The third kappa shape index (κ3) is 3.55. The Kier molecular flexibility index (Phi) is 5.52. The Balaban J connectivity index is 1.70. The van der Waals surface area contributed by atoms with Crippen molar-refractivity contribution in [3.63, 3.8) is 0 Å². The average molecular weight is 445 g/mol. The highest BCUT2D eigenvalue weighted by Crippen LogP contribution is 2.37. The second-order valence-corrected chi connectivity index (χ2v) is 8.79. The second-order valence-electron chi connectivity index (χ2n) is 8.79. The number of benzene rings is 1. The maximum atomic E-state index is 14.1. The smallest absolute Gasteiger partial charge is 0.274 e. The van der Waals surface area contributed by atoms with Crippen LogP contribution in [0.25, 0.3) is 0 Å². The molecular formula is C23H25F2N3O4. The SMILES string of the molecule is Cc1cc(F)c(CNC(=O)c2cn3c(c(O)c2=O)C(=O)N2C[C@@H]3[C@@H](C)CC[C@@H]2C)c(F)c1. The number of hydrogen-bond donors (Lipinski definition) is 2. The number of aryl methyl sites for hydroxylation is 1. The summed E-state index contributed by atoms with van der Waals surface area (Å²) in [6.07, 6.45) is 2.92. The zero-order valence-corrected chi connectivity index (χ0v) is 18.1. The van der Waals surface area contributed by atoms with Crippen LogP contribution in [0.5, 0.6) is 5.75 Å². The van der Waals surface area contributed by atoms with E-state index in [4.69, 9.17) is 0 Å². The van der Waals surface area contributed by atoms with Gasteiger partial charge < -0.3 is 19.9 Å². The molecule has 2 bridgehead atoms. The third-order valence-electron chi connectivity index (χ3n) is 6.60. The van der Waals surface area contributed by atoms with Crippen molar-refractivity contribution in [1.29, 1.82) is 0 Å². The molecule has 2 aromatic rings. The minimum atomic E-state index is -0.993. The van der Waals surface area contributed by atoms with E-state index in [1.807, 2.05) is 13.8 Å². The fourth-order valence-electron chi connectivity index (χ4n) is 4.61. The highest BCUT2D eigenvalue weighted by Gasteiger charge is 2.41. The number of fused-ring (bicyclic) bond motifs is 4. The Morgan fingerprint density at radius 2 is 1.84 bits per heavy atom. The molecular weight excluding hydrogens is 420 g/mol. The van der Waals surface area contributed by atoms with Gasteiger partial charge in [0.1, 0.15) is 17.2 Å². The highest BCUT2D eigenvalue weighted by atomic mass is 19.1. The summed E-state index contributed by atoms with van der Waals surface area (Å²) in [6, 6.07) is 2.06. The van der Waals surface area contributed by atoms with Crippen molar-refractivity contribution in [1.82, 2.24) is 14.8 Å². The van der Waals surface area contributed by atoms with Crippen molar-refractivity contribution in [2.45, 2.75) is 52.2 Å². The van der Waals surface area contributed by atoms with E-state index in [0.717, 1.165) is 25.0 Å². The molecule has 32 heavy (non-hydrogen) atoms. The summed E-state index contributed by atoms with van der Waals surface area (Å²) in [5, 5.41) is 12.9. The van der Waals surface area contributed by atoms with Gasteiger partial charge >= 0.3 is 0 Å². The summed E-state index contributed by atoms with van der Waals surface area (Å²) in [4.78, 5) is 40.1. The molecule has 0 saturated carbocycles. The molecule has 0 radical (unpaired) electrons. The van der Waals surface area contributed by atoms with Gasteiger partial charge in [-0.05, 0) is 50.3 Å². The predicted octanol–water partition coefficient (Wildman–Crippen LogP) is 2.89. The lowest BCUT2D eigenvalue weighted by molar-refractivity contribution is 0.0591. The maximum Gasteiger partial charge on any atom is 0.274 e. The van der Waals surface area contributed by atoms with E-state index in [9.17, 15) is 28.3 Å². The number of aromatic hydroxyl groups is 1. The fraction of sp³-hybridized carbons (Fsp3) is 0.435. The summed E-state index contributed by atoms with van der Waals surface area (Å²) in [5.74, 6) is -3.59. The molecule has 1 saturated heterocycles. The molecule has 0 unspecified atom stereocenters. The normalized spacial score (nSPS) is 22.3. The van der Waals surface area contributed by atoms with Crippen LogP contribution in [0, 0.1) is 24.5 Å². The molecule has 2 aliphatic rings. The van der Waals surface area contributed by atoms with E-state index in [0.29, 0.717) is 12.1 Å². The first-order chi connectivity index (χ1) is 15.1. The van der Waals surface area contributed by atoms with E-state index in [2.05, 4.69) is 5.32 Å². The Labute approximate surface area is 183 Å². The second kappa shape index (κ2) is 8.03. The van der Waals surface area contributed by atoms with Gasteiger partial charge in [-0.3, -0.25) is 14.4 Å². The largest absolute Gasteiger partial charge is 0.503 e. The molecule has 9 heteroatoms. The molecule has 0 aliphatic carbocycles. The molecule has 3 atom stereocenters. The van der Waals surface area contributed by atoms with Crippen LogP contribution >= 0.6 is 0 Å². The number of pyridine rings is 1. The lowest BCUT2D eigenvalue weighted by atomic mass is 9.95. The summed E-state index contributed by atoms with van der Waals surface area (Å²) >= 11 is 0. The standard InChI is InChI=1S/C23H25F2N3O4/c1-11-6-16(24)14(17(25)7-11)8-26-22(31)15-9-28-18-10-27(13(3)5-4-12(18)2)23(32)19(28)21(30)20(15)29/h6-7,9,12-13,18,30H,4-5,8,10H2,1-3H3,(H,26,31)/t12-,13-,18+/m0/s1. The molecule has 1 fully saturated rings. The van der Waals surface area contributed by atoms with E-state index in [1.54, 1.807) is 11.8 Å². The van der Waals surface area contributed by atoms with Gasteiger partial charge in [-0.2, -0.15) is 0 Å². The monoisotopic (exact) mass is 445 g/mol. The zero-order chi connectivity index (χ0) is 23.3. The van der Waals surface area contributed by atoms with Crippen LogP contribution in [-0.4, -0.2) is 39.0 Å². The number of amides is 2. The summed E-state index contributed by atoms with van der Waals surface area (Å²) in [6.45, 7) is 5.45. The van der Waals surface area contributed by atoms with E-state index >= 15 is 0 Å². The van der Waals surface area contributed by atoms with E-state index < -0.39 is 41.2 Å². The lowest BCUT2D eigenvalue weighted by Gasteiger charge is -2.38. The van der Waals surface area contributed by atoms with E-state index in [-0.39, 0.29) is 34.8 Å². The van der Waals surface area contributed by atoms with Gasteiger partial charge in [0.25, 0.3) is 11.8 Å². The van der Waals surface area contributed by atoms with Gasteiger partial charge in [0.05, 0.1) is 6.04 Å². The van der Waals surface area contributed by atoms with Crippen LogP contribution in [0.15, 0.2) is 23.1 Å². The molecule has 3 heterocycles. The van der Waals surface area contributed by atoms with E-state index in [1.165, 1.54) is 10.8 Å². The van der Waals surface area contributed by atoms with Crippen LogP contribution in [0.4, 0.5) is 8.78 Å². The van der Waals surface area contributed by atoms with Crippen molar-refractivity contribution in [2.24, 2.45) is 5.92 Å². The van der Waals surface area contributed by atoms with Crippen LogP contribution < -0.4 is 10.7 Å². The number of carbonyl (C=O) groups is 2. The van der Waals surface area contributed by atoms with Crippen molar-refractivity contribution >= 4 is 11.8 Å². The van der Waals surface area contributed by atoms with Gasteiger partial charge in [0, 0.05) is 30.9 Å². The average Bonchev–Trinajstić information content (AvgIpc) is 2.85. The highest BCUT2D eigenvalue weighted by molar-refractivity contribution is 5.99. The summed E-state index contributed by atoms with van der Waals surface area (Å²) in [7, 11) is 0. The fourth-order valence-corrected chi connectivity index (χ4v) is 4.61. The lowest BCUT2D eigenvalue weighted by Crippen LogP contribution is -2.48. The first kappa shape index (κ1) is 22.0. The Hall–Kier alpha value is -3.23. The van der Waals surface area contributed by atoms with Crippen LogP contribution in [0.3, 0.4) is 0 Å². The Bertz CT molecular complexity index is 1150. The number of nitrogens with one attached hydrogen (secondary N) is 1. The van der Waals surface area contributed by atoms with Crippen molar-refractivity contribution in [2.75, 3.05) is 6.54 Å². The molecule has 1 aromatic carbocycles. The van der Waals surface area contributed by atoms with Crippen LogP contribution in [0.1, 0.15) is 64.7 Å². The molecule has 4 rings (SSSR count). The number of aromatic nitrogens is 1. The molecule has 170 valence electrons. The van der Waals surface area contributed by atoms with Crippen molar-refractivity contribution < 1.29 is 23.5 Å². The quantitative estimate of drug-likeness (QED) is 0.760. The van der Waals surface area contributed by atoms with Gasteiger partial charge in [0.15, 0.2) is 11.4 Å². The molecule has 0 spiro atoms. The first-order valence-corrected chi connectivity index (χ1v) is 10.6. The number of nitrogens with zero attached hydrogens (tertiary/aromatic N) is 2. The number of halogens is 2. The van der Waals surface area contributed by atoms with Gasteiger partial charge in [-0.25, -0.2) is 8.78 Å². The molecule has 2 amide bonds. The summed E-state index contributed by atoms with van der Waals surface area (Å²) in [5.41, 5.74) is -1.43. The Morgan fingerprint density at radius 1 is 1.19 bits per heavy atom. The minimum absolute atomic E-state index is 0.0273. The number of hydrogen-bond acceptors (Lipinski definition) is 4. The number of carbonyl (C=O) groups excluding carboxylic acids is 2. The first-order valence-electron chi connectivity index (χ1n) is 10.6. The molecule has 1 aromatic heterocycles. The zero-order valence-electron chi connectivity index (χ0n) is 18.1. The maximum absolute atomic E-state index is 14.1.